The van der Waals surface area contributed by atoms with Gasteiger partial charge in [0, 0.05) is 10.9 Å². The molecule has 0 spiro atoms. The predicted molar refractivity (Wildman–Crippen MR) is 85.6 cm³/mol. The average molecular weight is 328 g/mol. The topological polar surface area (TPSA) is 94.6 Å². The number of nitrogens with two attached hydrogens (primary N) is 1. The van der Waals surface area contributed by atoms with Crippen LogP contribution in [0.25, 0.3) is 11.0 Å². The fraction of sp³-hybridized carbons (Fsp3) is 0.0588. The Kier molecular flexibility index (Phi) is 3.91. The zero-order chi connectivity index (χ0) is 17.3. The maximum absolute atomic E-state index is 13.5. The first-order valence-electron chi connectivity index (χ1n) is 6.97. The molecule has 0 aliphatic carbocycles. The SMILES string of the molecule is COc1cccc(C(=O)Nc2c(C(N)=O)oc3ccc(F)cc23)c1. The molecule has 0 aliphatic heterocycles. The molecule has 1 aromatic heterocycles. The molecule has 0 bridgehead atoms. The third kappa shape index (κ3) is 2.79. The summed E-state index contributed by atoms with van der Waals surface area (Å²) < 4.78 is 23.9. The van der Waals surface area contributed by atoms with Crippen LogP contribution in [-0.2, 0) is 0 Å². The zero-order valence-corrected chi connectivity index (χ0v) is 12.6. The van der Waals surface area contributed by atoms with Gasteiger partial charge in [-0.15, -0.1) is 0 Å². The van der Waals surface area contributed by atoms with Crippen LogP contribution in [0.15, 0.2) is 46.9 Å². The Balaban J connectivity index is 2.04. The summed E-state index contributed by atoms with van der Waals surface area (Å²) in [6.07, 6.45) is 0. The molecule has 122 valence electrons. The van der Waals surface area contributed by atoms with Crippen molar-refractivity contribution in [1.82, 2.24) is 0 Å². The second-order valence-electron chi connectivity index (χ2n) is 5.00. The number of anilines is 1. The van der Waals surface area contributed by atoms with Gasteiger partial charge in [-0.2, -0.15) is 0 Å². The Hall–Kier alpha value is -3.35. The molecule has 3 rings (SSSR count). The third-order valence-corrected chi connectivity index (χ3v) is 3.44. The van der Waals surface area contributed by atoms with Crippen molar-refractivity contribution >= 4 is 28.5 Å². The number of benzene rings is 2. The van der Waals surface area contributed by atoms with Crippen LogP contribution in [0.5, 0.6) is 5.75 Å². The number of hydrogen-bond acceptors (Lipinski definition) is 4. The van der Waals surface area contributed by atoms with Crippen molar-refractivity contribution in [2.45, 2.75) is 0 Å². The first-order valence-corrected chi connectivity index (χ1v) is 6.97. The lowest BCUT2D eigenvalue weighted by atomic mass is 10.1. The van der Waals surface area contributed by atoms with Gasteiger partial charge in [0.2, 0.25) is 5.76 Å². The first kappa shape index (κ1) is 15.5. The number of carbonyl (C=O) groups is 2. The number of fused-ring (bicyclic) bond motifs is 1. The van der Waals surface area contributed by atoms with Gasteiger partial charge in [-0.25, -0.2) is 4.39 Å². The molecule has 1 heterocycles. The lowest BCUT2D eigenvalue weighted by Gasteiger charge is -2.06. The van der Waals surface area contributed by atoms with E-state index in [2.05, 4.69) is 5.32 Å². The standard InChI is InChI=1S/C17H13FN2O4/c1-23-11-4-2-3-9(7-11)17(22)20-14-12-8-10(18)5-6-13(12)24-15(14)16(19)21/h2-8H,1H3,(H2,19,21)(H,20,22). The van der Waals surface area contributed by atoms with Crippen LogP contribution in [0.2, 0.25) is 0 Å². The number of methoxy groups -OCH3 is 1. The normalized spacial score (nSPS) is 10.6. The number of amides is 2. The Morgan fingerprint density at radius 3 is 2.71 bits per heavy atom. The summed E-state index contributed by atoms with van der Waals surface area (Å²) >= 11 is 0. The number of hydrogen-bond donors (Lipinski definition) is 2. The summed E-state index contributed by atoms with van der Waals surface area (Å²) in [4.78, 5) is 24.0. The van der Waals surface area contributed by atoms with Gasteiger partial charge in [0.05, 0.1) is 7.11 Å². The molecule has 0 atom stereocenters. The molecule has 2 aromatic carbocycles. The Morgan fingerprint density at radius 1 is 1.21 bits per heavy atom. The van der Waals surface area contributed by atoms with Gasteiger partial charge >= 0.3 is 0 Å². The quantitative estimate of drug-likeness (QED) is 0.770. The van der Waals surface area contributed by atoms with E-state index in [1.165, 1.54) is 25.3 Å². The van der Waals surface area contributed by atoms with Gasteiger partial charge in [-0.3, -0.25) is 9.59 Å². The van der Waals surface area contributed by atoms with E-state index in [1.807, 2.05) is 0 Å². The largest absolute Gasteiger partial charge is 0.497 e. The van der Waals surface area contributed by atoms with E-state index in [0.717, 1.165) is 6.07 Å². The van der Waals surface area contributed by atoms with Crippen LogP contribution < -0.4 is 15.8 Å². The minimum atomic E-state index is -0.868. The molecule has 6 nitrogen and oxygen atoms in total. The predicted octanol–water partition coefficient (Wildman–Crippen LogP) is 2.93. The van der Waals surface area contributed by atoms with E-state index in [9.17, 15) is 14.0 Å². The van der Waals surface area contributed by atoms with Crippen LogP contribution in [0.3, 0.4) is 0 Å². The zero-order valence-electron chi connectivity index (χ0n) is 12.6. The number of carbonyl (C=O) groups excluding carboxylic acids is 2. The van der Waals surface area contributed by atoms with Gasteiger partial charge in [-0.1, -0.05) is 6.07 Å². The molecule has 24 heavy (non-hydrogen) atoms. The lowest BCUT2D eigenvalue weighted by molar-refractivity contribution is 0.0977. The molecular formula is C17H13FN2O4. The van der Waals surface area contributed by atoms with Crippen LogP contribution >= 0.6 is 0 Å². The van der Waals surface area contributed by atoms with Gasteiger partial charge in [0.25, 0.3) is 11.8 Å². The van der Waals surface area contributed by atoms with Gasteiger partial charge in [0.15, 0.2) is 0 Å². The summed E-state index contributed by atoms with van der Waals surface area (Å²) in [6.45, 7) is 0. The van der Waals surface area contributed by atoms with Crippen molar-refractivity contribution in [3.8, 4) is 5.75 Å². The van der Waals surface area contributed by atoms with Crippen molar-refractivity contribution in [1.29, 1.82) is 0 Å². The first-order chi connectivity index (χ1) is 11.5. The molecule has 0 fully saturated rings. The average Bonchev–Trinajstić information content (AvgIpc) is 2.93. The molecule has 0 unspecified atom stereocenters. The number of primary amides is 1. The molecule has 3 aromatic rings. The van der Waals surface area contributed by atoms with Crippen LogP contribution in [0.4, 0.5) is 10.1 Å². The maximum Gasteiger partial charge on any atom is 0.286 e. The Morgan fingerprint density at radius 2 is 2.00 bits per heavy atom. The van der Waals surface area contributed by atoms with Crippen molar-refractivity contribution in [2.75, 3.05) is 12.4 Å². The highest BCUT2D eigenvalue weighted by molar-refractivity contribution is 6.14. The second kappa shape index (κ2) is 6.04. The monoisotopic (exact) mass is 328 g/mol. The minimum Gasteiger partial charge on any atom is -0.497 e. The number of ether oxygens (including phenoxy) is 1. The highest BCUT2D eigenvalue weighted by Gasteiger charge is 2.21. The fourth-order valence-electron chi connectivity index (χ4n) is 2.32. The maximum atomic E-state index is 13.5. The summed E-state index contributed by atoms with van der Waals surface area (Å²) in [7, 11) is 1.48. The van der Waals surface area contributed by atoms with Crippen molar-refractivity contribution in [3.05, 3.63) is 59.6 Å². The van der Waals surface area contributed by atoms with Crippen molar-refractivity contribution in [3.63, 3.8) is 0 Å². The van der Waals surface area contributed by atoms with Gasteiger partial charge in [0.1, 0.15) is 22.8 Å². The van der Waals surface area contributed by atoms with E-state index in [4.69, 9.17) is 14.9 Å². The number of furan rings is 1. The highest BCUT2D eigenvalue weighted by atomic mass is 19.1. The molecule has 0 aliphatic rings. The summed E-state index contributed by atoms with van der Waals surface area (Å²) in [5.74, 6) is -1.65. The number of rotatable bonds is 4. The summed E-state index contributed by atoms with van der Waals surface area (Å²) in [5.41, 5.74) is 5.85. The van der Waals surface area contributed by atoms with Crippen LogP contribution in [0, 0.1) is 5.82 Å². The summed E-state index contributed by atoms with van der Waals surface area (Å²) in [5, 5.41) is 2.80. The molecule has 2 amide bonds. The number of nitrogens with one attached hydrogen (secondary N) is 1. The van der Waals surface area contributed by atoms with E-state index >= 15 is 0 Å². The summed E-state index contributed by atoms with van der Waals surface area (Å²) in [6, 6.07) is 10.1. The Bertz CT molecular complexity index is 949. The third-order valence-electron chi connectivity index (χ3n) is 3.44. The molecule has 0 saturated heterocycles. The molecule has 0 radical (unpaired) electrons. The molecule has 3 N–H and O–H groups in total. The highest BCUT2D eigenvalue weighted by Crippen LogP contribution is 2.31. The van der Waals surface area contributed by atoms with Crippen LogP contribution in [-0.4, -0.2) is 18.9 Å². The van der Waals surface area contributed by atoms with E-state index in [-0.39, 0.29) is 22.4 Å². The van der Waals surface area contributed by atoms with E-state index in [0.29, 0.717) is 11.3 Å². The smallest absolute Gasteiger partial charge is 0.286 e. The van der Waals surface area contributed by atoms with E-state index < -0.39 is 17.6 Å². The minimum absolute atomic E-state index is 0.0322. The van der Waals surface area contributed by atoms with Gasteiger partial charge in [-0.05, 0) is 36.4 Å². The molecular weight excluding hydrogens is 315 g/mol. The molecule has 0 saturated carbocycles. The Labute approximate surface area is 136 Å². The van der Waals surface area contributed by atoms with E-state index in [1.54, 1.807) is 18.2 Å². The molecule has 7 heteroatoms. The van der Waals surface area contributed by atoms with Crippen molar-refractivity contribution < 1.29 is 23.1 Å². The number of halogens is 1. The van der Waals surface area contributed by atoms with Crippen molar-refractivity contribution in [2.24, 2.45) is 5.73 Å². The fourth-order valence-corrected chi connectivity index (χ4v) is 2.32. The van der Waals surface area contributed by atoms with Crippen LogP contribution in [0.1, 0.15) is 20.9 Å². The van der Waals surface area contributed by atoms with Gasteiger partial charge < -0.3 is 20.2 Å². The lowest BCUT2D eigenvalue weighted by Crippen LogP contribution is -2.17. The second-order valence-corrected chi connectivity index (χ2v) is 5.00.